The van der Waals surface area contributed by atoms with Crippen LogP contribution in [0, 0.1) is 0 Å². The number of benzene rings is 1. The summed E-state index contributed by atoms with van der Waals surface area (Å²) in [7, 11) is 0. The average molecular weight is 531 g/mol. The second kappa shape index (κ2) is 10.1. The summed E-state index contributed by atoms with van der Waals surface area (Å²) in [4.78, 5) is 16.8. The lowest BCUT2D eigenvalue weighted by Gasteiger charge is -2.30. The van der Waals surface area contributed by atoms with Gasteiger partial charge in [0.25, 0.3) is 0 Å². The Morgan fingerprint density at radius 1 is 1.24 bits per heavy atom. The maximum Gasteiger partial charge on any atom is 0.408 e. The molecule has 0 spiro atoms. The first-order valence-electron chi connectivity index (χ1n) is 12.0. The van der Waals surface area contributed by atoms with Crippen LogP contribution >= 0.6 is 0 Å². The fourth-order valence-electron chi connectivity index (χ4n) is 4.75. The van der Waals surface area contributed by atoms with Gasteiger partial charge in [-0.05, 0) is 37.1 Å². The number of ether oxygens (including phenoxy) is 1. The van der Waals surface area contributed by atoms with Crippen LogP contribution in [0.2, 0.25) is 0 Å². The highest BCUT2D eigenvalue weighted by atomic mass is 19.4. The van der Waals surface area contributed by atoms with Crippen molar-refractivity contribution in [3.63, 3.8) is 0 Å². The maximum absolute atomic E-state index is 14.3. The lowest BCUT2D eigenvalue weighted by molar-refractivity contribution is -0.184. The SMILES string of the molecule is C[C@@H](O)COc1cc(-c2nnc3ccc([C@@H](N4CC[C@H](NC(=O)O)C4)C(F)(F)F)cn23)nc2ccccc12. The molecule has 200 valence electrons. The number of hydrogen-bond donors (Lipinski definition) is 3. The number of aliphatic hydroxyl groups is 1. The number of aromatic nitrogens is 4. The number of likely N-dealkylation sites (tertiary alicyclic amines) is 1. The lowest BCUT2D eigenvalue weighted by Crippen LogP contribution is -2.40. The molecule has 38 heavy (non-hydrogen) atoms. The van der Waals surface area contributed by atoms with Gasteiger partial charge in [0.15, 0.2) is 11.5 Å². The monoisotopic (exact) mass is 530 g/mol. The zero-order chi connectivity index (χ0) is 27.0. The van der Waals surface area contributed by atoms with Crippen molar-refractivity contribution in [2.45, 2.75) is 37.7 Å². The van der Waals surface area contributed by atoms with E-state index in [1.807, 2.05) is 12.1 Å². The molecule has 1 fully saturated rings. The van der Waals surface area contributed by atoms with Gasteiger partial charge in [0.2, 0.25) is 0 Å². The summed E-state index contributed by atoms with van der Waals surface area (Å²) >= 11 is 0. The van der Waals surface area contributed by atoms with Gasteiger partial charge in [-0.15, -0.1) is 10.2 Å². The lowest BCUT2D eigenvalue weighted by atomic mass is 10.1. The molecule has 1 amide bonds. The molecule has 3 aromatic heterocycles. The zero-order valence-electron chi connectivity index (χ0n) is 20.3. The van der Waals surface area contributed by atoms with Gasteiger partial charge in [-0.1, -0.05) is 18.2 Å². The molecule has 4 aromatic rings. The summed E-state index contributed by atoms with van der Waals surface area (Å²) in [5.74, 6) is 0.670. The third kappa shape index (κ3) is 5.20. The molecule has 3 atom stereocenters. The number of alkyl halides is 3. The van der Waals surface area contributed by atoms with Crippen molar-refractivity contribution in [3.05, 3.63) is 54.2 Å². The Kier molecular flexibility index (Phi) is 6.80. The number of rotatable bonds is 7. The van der Waals surface area contributed by atoms with Crippen molar-refractivity contribution >= 4 is 22.6 Å². The Bertz CT molecular complexity index is 1470. The van der Waals surface area contributed by atoms with Gasteiger partial charge >= 0.3 is 12.3 Å². The van der Waals surface area contributed by atoms with E-state index in [1.54, 1.807) is 25.1 Å². The minimum Gasteiger partial charge on any atom is -0.490 e. The van der Waals surface area contributed by atoms with E-state index in [9.17, 15) is 23.1 Å². The molecule has 0 unspecified atom stereocenters. The number of pyridine rings is 2. The summed E-state index contributed by atoms with van der Waals surface area (Å²) in [6.07, 6.45) is -4.97. The Morgan fingerprint density at radius 2 is 2.03 bits per heavy atom. The number of carboxylic acid groups (broad SMARTS) is 1. The number of carbonyl (C=O) groups is 1. The van der Waals surface area contributed by atoms with Crippen LogP contribution < -0.4 is 10.1 Å². The third-order valence-electron chi connectivity index (χ3n) is 6.35. The van der Waals surface area contributed by atoms with Gasteiger partial charge < -0.3 is 20.3 Å². The van der Waals surface area contributed by atoms with Crippen molar-refractivity contribution < 1.29 is 32.9 Å². The Balaban J connectivity index is 1.56. The minimum atomic E-state index is -4.61. The van der Waals surface area contributed by atoms with Crippen LogP contribution in [0.3, 0.4) is 0 Å². The van der Waals surface area contributed by atoms with Crippen LogP contribution in [0.4, 0.5) is 18.0 Å². The average Bonchev–Trinajstić information content (AvgIpc) is 3.48. The molecule has 10 nitrogen and oxygen atoms in total. The van der Waals surface area contributed by atoms with E-state index in [0.29, 0.717) is 28.0 Å². The predicted octanol–water partition coefficient (Wildman–Crippen LogP) is 3.65. The summed E-state index contributed by atoms with van der Waals surface area (Å²) in [6.45, 7) is 1.65. The number of para-hydroxylation sites is 1. The second-order valence-electron chi connectivity index (χ2n) is 9.27. The van der Waals surface area contributed by atoms with Crippen molar-refractivity contribution in [2.24, 2.45) is 0 Å². The van der Waals surface area contributed by atoms with E-state index in [4.69, 9.17) is 9.84 Å². The fraction of sp³-hybridized carbons (Fsp3) is 0.360. The fourth-order valence-corrected chi connectivity index (χ4v) is 4.75. The van der Waals surface area contributed by atoms with E-state index >= 15 is 0 Å². The van der Waals surface area contributed by atoms with Gasteiger partial charge in [0.1, 0.15) is 24.1 Å². The molecule has 5 rings (SSSR count). The maximum atomic E-state index is 14.3. The predicted molar refractivity (Wildman–Crippen MR) is 131 cm³/mol. The Hall–Kier alpha value is -3.97. The van der Waals surface area contributed by atoms with Gasteiger partial charge in [0, 0.05) is 36.8 Å². The molecule has 0 bridgehead atoms. The highest BCUT2D eigenvalue weighted by Gasteiger charge is 2.47. The number of nitrogens with one attached hydrogen (secondary N) is 1. The van der Waals surface area contributed by atoms with Gasteiger partial charge in [-0.3, -0.25) is 9.30 Å². The zero-order valence-corrected chi connectivity index (χ0v) is 20.3. The molecule has 1 saturated heterocycles. The van der Waals surface area contributed by atoms with E-state index in [1.165, 1.54) is 27.6 Å². The number of amides is 1. The molecule has 1 aliphatic rings. The van der Waals surface area contributed by atoms with E-state index in [0.717, 1.165) is 0 Å². The van der Waals surface area contributed by atoms with E-state index in [2.05, 4.69) is 20.5 Å². The van der Waals surface area contributed by atoms with Crippen LogP contribution in [0.5, 0.6) is 5.75 Å². The van der Waals surface area contributed by atoms with Crippen molar-refractivity contribution in [1.29, 1.82) is 0 Å². The standard InChI is InChI=1S/C25H25F3N6O4/c1-14(35)13-38-20-10-19(30-18-5-3-2-4-17(18)20)23-32-31-21-7-6-15(11-34(21)23)22(25(26,27)28)33-9-8-16(12-33)29-24(36)37/h2-7,10-11,14,16,22,29,35H,8-9,12-13H2,1H3,(H,36,37)/t14-,16+,22-/m1/s1. The molecule has 0 saturated carbocycles. The molecule has 0 aliphatic carbocycles. The highest BCUT2D eigenvalue weighted by Crippen LogP contribution is 2.40. The molecule has 3 N–H and O–H groups in total. The molecule has 1 aromatic carbocycles. The molecular weight excluding hydrogens is 505 g/mol. The minimum absolute atomic E-state index is 0.0339. The van der Waals surface area contributed by atoms with E-state index in [-0.39, 0.29) is 37.5 Å². The summed E-state index contributed by atoms with van der Waals surface area (Å²) < 4.78 is 50.2. The topological polar surface area (TPSA) is 125 Å². The third-order valence-corrected chi connectivity index (χ3v) is 6.35. The van der Waals surface area contributed by atoms with Crippen LogP contribution in [-0.4, -0.2) is 78.8 Å². The van der Waals surface area contributed by atoms with Crippen LogP contribution in [0.25, 0.3) is 28.1 Å². The smallest absolute Gasteiger partial charge is 0.408 e. The summed E-state index contributed by atoms with van der Waals surface area (Å²) in [5.41, 5.74) is 1.22. The normalized spacial score (nSPS) is 18.1. The second-order valence-corrected chi connectivity index (χ2v) is 9.27. The molecule has 1 aliphatic heterocycles. The number of nitrogens with zero attached hydrogens (tertiary/aromatic N) is 5. The number of halogens is 3. The number of aliphatic hydroxyl groups excluding tert-OH is 1. The largest absolute Gasteiger partial charge is 0.490 e. The van der Waals surface area contributed by atoms with Gasteiger partial charge in [0.05, 0.1) is 11.6 Å². The molecule has 0 radical (unpaired) electrons. The Labute approximate surface area is 214 Å². The van der Waals surface area contributed by atoms with Crippen molar-refractivity contribution in [3.8, 4) is 17.3 Å². The summed E-state index contributed by atoms with van der Waals surface area (Å²) in [6, 6.07) is 9.12. The van der Waals surface area contributed by atoms with E-state index < -0.39 is 30.5 Å². The molecule has 13 heteroatoms. The van der Waals surface area contributed by atoms with Crippen molar-refractivity contribution in [2.75, 3.05) is 19.7 Å². The first kappa shape index (κ1) is 25.7. The van der Waals surface area contributed by atoms with Crippen LogP contribution in [0.1, 0.15) is 24.9 Å². The van der Waals surface area contributed by atoms with Gasteiger partial charge in [-0.25, -0.2) is 9.78 Å². The van der Waals surface area contributed by atoms with Gasteiger partial charge in [-0.2, -0.15) is 13.2 Å². The summed E-state index contributed by atoms with van der Waals surface area (Å²) in [5, 5.41) is 29.9. The van der Waals surface area contributed by atoms with Crippen LogP contribution in [0.15, 0.2) is 48.7 Å². The highest BCUT2D eigenvalue weighted by molar-refractivity contribution is 5.87. The molecular formula is C25H25F3N6O4. The first-order chi connectivity index (χ1) is 18.1. The quantitative estimate of drug-likeness (QED) is 0.331. The first-order valence-corrected chi connectivity index (χ1v) is 12.0. The number of fused-ring (bicyclic) bond motifs is 2. The number of hydrogen-bond acceptors (Lipinski definition) is 7. The van der Waals surface area contributed by atoms with Crippen LogP contribution in [-0.2, 0) is 0 Å². The van der Waals surface area contributed by atoms with Crippen molar-refractivity contribution in [1.82, 2.24) is 29.8 Å². The Morgan fingerprint density at radius 3 is 2.76 bits per heavy atom. The molecule has 4 heterocycles.